The zero-order valence-electron chi connectivity index (χ0n) is 8.25. The van der Waals surface area contributed by atoms with Crippen LogP contribution in [0.3, 0.4) is 0 Å². The summed E-state index contributed by atoms with van der Waals surface area (Å²) in [6.45, 7) is 4.34. The summed E-state index contributed by atoms with van der Waals surface area (Å²) >= 11 is 3.73. The molecule has 0 amide bonds. The van der Waals surface area contributed by atoms with Gasteiger partial charge in [0, 0.05) is 16.7 Å². The zero-order chi connectivity index (χ0) is 9.68. The van der Waals surface area contributed by atoms with Crippen molar-refractivity contribution in [1.29, 1.82) is 0 Å². The van der Waals surface area contributed by atoms with Crippen LogP contribution in [0.1, 0.15) is 29.8 Å². The Balaban J connectivity index is 2.39. The van der Waals surface area contributed by atoms with Crippen molar-refractivity contribution in [2.24, 2.45) is 5.73 Å². The maximum atomic E-state index is 6.07. The van der Waals surface area contributed by atoms with E-state index in [0.29, 0.717) is 0 Å². The Morgan fingerprint density at radius 1 is 1.62 bits per heavy atom. The molecule has 13 heavy (non-hydrogen) atoms. The summed E-state index contributed by atoms with van der Waals surface area (Å²) in [6, 6.07) is 2.38. The van der Waals surface area contributed by atoms with E-state index in [1.165, 1.54) is 22.6 Å². The first-order valence-corrected chi connectivity index (χ1v) is 6.66. The number of thiophene rings is 1. The van der Waals surface area contributed by atoms with Crippen LogP contribution >= 0.6 is 23.1 Å². The minimum absolute atomic E-state index is 0.233. The van der Waals surface area contributed by atoms with Crippen LogP contribution in [0, 0.1) is 6.92 Å². The Morgan fingerprint density at radius 3 is 2.92 bits per heavy atom. The minimum atomic E-state index is 0.233. The van der Waals surface area contributed by atoms with Crippen LogP contribution < -0.4 is 5.73 Å². The zero-order valence-corrected chi connectivity index (χ0v) is 9.88. The molecular formula is C10H17NS2. The number of rotatable bonds is 5. The van der Waals surface area contributed by atoms with E-state index in [-0.39, 0.29) is 6.04 Å². The molecular weight excluding hydrogens is 198 g/mol. The second-order valence-corrected chi connectivity index (χ2v) is 5.25. The monoisotopic (exact) mass is 215 g/mol. The molecule has 2 N–H and O–H groups in total. The third-order valence-corrected chi connectivity index (χ3v) is 4.33. The summed E-state index contributed by atoms with van der Waals surface area (Å²) in [5.74, 6) is 2.27. The lowest BCUT2D eigenvalue weighted by molar-refractivity contribution is 0.843. The molecule has 3 heteroatoms. The molecule has 1 rings (SSSR count). The molecule has 1 aromatic heterocycles. The standard InChI is InChI=1S/C10H17NS2/c1-3-5-12-7-9(11)10-8(2)4-6-13-10/h4,6,9H,3,5,7,11H2,1-2H3. The molecule has 74 valence electrons. The van der Waals surface area contributed by atoms with Crippen LogP contribution in [0.2, 0.25) is 0 Å². The third kappa shape index (κ3) is 3.33. The fourth-order valence-corrected chi connectivity index (χ4v) is 3.11. The van der Waals surface area contributed by atoms with E-state index in [1.807, 2.05) is 11.8 Å². The predicted octanol–water partition coefficient (Wildman–Crippen LogP) is 3.20. The van der Waals surface area contributed by atoms with Gasteiger partial charge in [-0.3, -0.25) is 0 Å². The fraction of sp³-hybridized carbons (Fsp3) is 0.600. The van der Waals surface area contributed by atoms with Crippen LogP contribution in [-0.4, -0.2) is 11.5 Å². The van der Waals surface area contributed by atoms with Gasteiger partial charge in [-0.2, -0.15) is 11.8 Å². The number of hydrogen-bond acceptors (Lipinski definition) is 3. The molecule has 0 saturated heterocycles. The molecule has 1 unspecified atom stereocenters. The molecule has 1 nitrogen and oxygen atoms in total. The molecule has 0 saturated carbocycles. The molecule has 0 spiro atoms. The Labute approximate surface area is 88.7 Å². The lowest BCUT2D eigenvalue weighted by Gasteiger charge is -2.09. The number of thioether (sulfide) groups is 1. The number of nitrogens with two attached hydrogens (primary N) is 1. The molecule has 1 atom stereocenters. The summed E-state index contributed by atoms with van der Waals surface area (Å²) in [5, 5.41) is 2.12. The van der Waals surface area contributed by atoms with Crippen molar-refractivity contribution >= 4 is 23.1 Å². The van der Waals surface area contributed by atoms with E-state index in [0.717, 1.165) is 5.75 Å². The van der Waals surface area contributed by atoms with E-state index >= 15 is 0 Å². The van der Waals surface area contributed by atoms with Gasteiger partial charge in [-0.15, -0.1) is 11.3 Å². The van der Waals surface area contributed by atoms with Crippen molar-refractivity contribution in [3.8, 4) is 0 Å². The van der Waals surface area contributed by atoms with E-state index in [9.17, 15) is 0 Å². The molecule has 0 radical (unpaired) electrons. The first-order valence-electron chi connectivity index (χ1n) is 4.63. The molecule has 1 aromatic rings. The average molecular weight is 215 g/mol. The summed E-state index contributed by atoms with van der Waals surface area (Å²) in [7, 11) is 0. The maximum Gasteiger partial charge on any atom is 0.0484 e. The fourth-order valence-electron chi connectivity index (χ4n) is 1.19. The van der Waals surface area contributed by atoms with Gasteiger partial charge in [0.15, 0.2) is 0 Å². The molecule has 0 aliphatic rings. The Morgan fingerprint density at radius 2 is 2.38 bits per heavy atom. The summed E-state index contributed by atoms with van der Waals surface area (Å²) < 4.78 is 0. The quantitative estimate of drug-likeness (QED) is 0.763. The van der Waals surface area contributed by atoms with Gasteiger partial charge in [-0.25, -0.2) is 0 Å². The molecule has 0 aliphatic carbocycles. The number of aryl methyl sites for hydroxylation is 1. The van der Waals surface area contributed by atoms with Gasteiger partial charge in [-0.05, 0) is 36.1 Å². The summed E-state index contributed by atoms with van der Waals surface area (Å²) in [6.07, 6.45) is 1.24. The molecule has 0 aliphatic heterocycles. The first-order chi connectivity index (χ1) is 6.25. The highest BCUT2D eigenvalue weighted by Gasteiger charge is 2.09. The summed E-state index contributed by atoms with van der Waals surface area (Å²) in [4.78, 5) is 1.35. The topological polar surface area (TPSA) is 26.0 Å². The normalized spacial score (nSPS) is 13.2. The molecule has 0 aromatic carbocycles. The van der Waals surface area contributed by atoms with E-state index < -0.39 is 0 Å². The minimum Gasteiger partial charge on any atom is -0.323 e. The van der Waals surface area contributed by atoms with Gasteiger partial charge in [0.1, 0.15) is 0 Å². The smallest absolute Gasteiger partial charge is 0.0484 e. The highest BCUT2D eigenvalue weighted by Crippen LogP contribution is 2.24. The van der Waals surface area contributed by atoms with Crippen LogP contribution in [0.15, 0.2) is 11.4 Å². The van der Waals surface area contributed by atoms with Gasteiger partial charge in [-0.1, -0.05) is 6.92 Å². The van der Waals surface area contributed by atoms with Crippen LogP contribution in [0.5, 0.6) is 0 Å². The van der Waals surface area contributed by atoms with Gasteiger partial charge in [0.25, 0.3) is 0 Å². The first kappa shape index (κ1) is 11.1. The second-order valence-electron chi connectivity index (χ2n) is 3.15. The Kier molecular flexibility index (Phi) is 4.84. The van der Waals surface area contributed by atoms with E-state index in [2.05, 4.69) is 25.3 Å². The summed E-state index contributed by atoms with van der Waals surface area (Å²) in [5.41, 5.74) is 7.41. The van der Waals surface area contributed by atoms with Gasteiger partial charge < -0.3 is 5.73 Å². The third-order valence-electron chi connectivity index (χ3n) is 1.88. The van der Waals surface area contributed by atoms with Crippen molar-refractivity contribution in [2.75, 3.05) is 11.5 Å². The van der Waals surface area contributed by atoms with Crippen molar-refractivity contribution in [3.63, 3.8) is 0 Å². The van der Waals surface area contributed by atoms with Gasteiger partial charge >= 0.3 is 0 Å². The highest BCUT2D eigenvalue weighted by atomic mass is 32.2. The Bertz CT molecular complexity index is 245. The van der Waals surface area contributed by atoms with Crippen LogP contribution in [-0.2, 0) is 0 Å². The lowest BCUT2D eigenvalue weighted by atomic mass is 10.2. The lowest BCUT2D eigenvalue weighted by Crippen LogP contribution is -2.12. The van der Waals surface area contributed by atoms with E-state index in [4.69, 9.17) is 5.73 Å². The van der Waals surface area contributed by atoms with Gasteiger partial charge in [0.05, 0.1) is 0 Å². The van der Waals surface area contributed by atoms with Crippen LogP contribution in [0.25, 0.3) is 0 Å². The predicted molar refractivity (Wildman–Crippen MR) is 63.6 cm³/mol. The molecule has 1 heterocycles. The SMILES string of the molecule is CCCSCC(N)c1sccc1C. The van der Waals surface area contributed by atoms with E-state index in [1.54, 1.807) is 11.3 Å². The second kappa shape index (κ2) is 5.68. The average Bonchev–Trinajstić information content (AvgIpc) is 2.52. The number of hydrogen-bond donors (Lipinski definition) is 1. The highest BCUT2D eigenvalue weighted by molar-refractivity contribution is 7.99. The Hall–Kier alpha value is 0.0100. The molecule has 0 bridgehead atoms. The van der Waals surface area contributed by atoms with Crippen molar-refractivity contribution < 1.29 is 0 Å². The van der Waals surface area contributed by atoms with Crippen LogP contribution in [0.4, 0.5) is 0 Å². The van der Waals surface area contributed by atoms with Crippen molar-refractivity contribution in [1.82, 2.24) is 0 Å². The molecule has 0 fully saturated rings. The van der Waals surface area contributed by atoms with Crippen molar-refractivity contribution in [2.45, 2.75) is 26.3 Å². The maximum absolute atomic E-state index is 6.07. The largest absolute Gasteiger partial charge is 0.323 e. The van der Waals surface area contributed by atoms with Crippen molar-refractivity contribution in [3.05, 3.63) is 21.9 Å². The van der Waals surface area contributed by atoms with Gasteiger partial charge in [0.2, 0.25) is 0 Å².